The topological polar surface area (TPSA) is 42.3 Å². The van der Waals surface area contributed by atoms with E-state index in [9.17, 15) is 9.59 Å². The Hall–Kier alpha value is -1.89. The van der Waals surface area contributed by atoms with Crippen molar-refractivity contribution in [1.82, 2.24) is 9.47 Å². The van der Waals surface area contributed by atoms with Gasteiger partial charge in [-0.3, -0.25) is 14.5 Å². The van der Waals surface area contributed by atoms with E-state index < -0.39 is 0 Å². The zero-order chi connectivity index (χ0) is 23.2. The normalized spacial score (nSPS) is 15.3. The fourth-order valence-corrected chi connectivity index (χ4v) is 5.26. The molecule has 9 heteroatoms. The Labute approximate surface area is 209 Å². The van der Waals surface area contributed by atoms with E-state index in [1.807, 2.05) is 36.6 Å². The Balaban J connectivity index is 1.64. The van der Waals surface area contributed by atoms with Crippen molar-refractivity contribution in [3.05, 3.63) is 90.0 Å². The third-order valence-corrected chi connectivity index (χ3v) is 7.14. The molecule has 2 heterocycles. The summed E-state index contributed by atoms with van der Waals surface area (Å²) in [6.45, 7) is 4.02. The van der Waals surface area contributed by atoms with Gasteiger partial charge in [-0.1, -0.05) is 52.5 Å². The molecule has 2 aromatic carbocycles. The van der Waals surface area contributed by atoms with Gasteiger partial charge in [-0.25, -0.2) is 0 Å². The number of carbonyl (C=O) groups is 2. The molecule has 1 fully saturated rings. The average Bonchev–Trinajstić information content (AvgIpc) is 3.13. The highest BCUT2D eigenvalue weighted by Gasteiger charge is 2.35. The number of rotatable bonds is 4. The van der Waals surface area contributed by atoms with Gasteiger partial charge in [0.15, 0.2) is 0 Å². The molecule has 1 aliphatic rings. The minimum atomic E-state index is -0.346. The zero-order valence-corrected chi connectivity index (χ0v) is 20.8. The zero-order valence-electron chi connectivity index (χ0n) is 17.0. The summed E-state index contributed by atoms with van der Waals surface area (Å²) in [5, 5.41) is 1.53. The quantitative estimate of drug-likeness (QED) is 0.324. The molecule has 0 saturated carbocycles. The van der Waals surface area contributed by atoms with Gasteiger partial charge in [0.05, 0.1) is 21.5 Å². The predicted molar refractivity (Wildman–Crippen MR) is 133 cm³/mol. The minimum absolute atomic E-state index is 0.124. The van der Waals surface area contributed by atoms with Crippen LogP contribution in [-0.2, 0) is 11.3 Å². The molecular formula is C23H16Cl4N2O2S. The van der Waals surface area contributed by atoms with Crippen LogP contribution in [0, 0.1) is 13.8 Å². The highest BCUT2D eigenvalue weighted by Crippen LogP contribution is 2.35. The predicted octanol–water partition coefficient (Wildman–Crippen LogP) is 7.94. The summed E-state index contributed by atoms with van der Waals surface area (Å²) in [6, 6.07) is 12.3. The first-order valence-corrected chi connectivity index (χ1v) is 11.8. The van der Waals surface area contributed by atoms with Crippen LogP contribution in [-0.4, -0.2) is 20.6 Å². The summed E-state index contributed by atoms with van der Waals surface area (Å²) in [6.07, 6.45) is 1.74. The Bertz CT molecular complexity index is 1280. The molecule has 4 nitrogen and oxygen atoms in total. The van der Waals surface area contributed by atoms with Crippen molar-refractivity contribution in [3.8, 4) is 5.69 Å². The summed E-state index contributed by atoms with van der Waals surface area (Å²) in [4.78, 5) is 27.0. The maximum absolute atomic E-state index is 13.0. The lowest BCUT2D eigenvalue weighted by atomic mass is 10.2. The standard InChI is InChI=1S/C23H16Cl4N2O2S/c1-12-5-15(13(2)29(12)18-9-16(24)8-17(25)10-18)7-21-22(30)28(23(31)32-21)11-14-3-4-19(26)20(27)6-14/h3-10H,11H2,1-2H3/b21-7-. The van der Waals surface area contributed by atoms with Gasteiger partial charge in [0.1, 0.15) is 0 Å². The molecule has 3 aromatic rings. The molecule has 32 heavy (non-hydrogen) atoms. The molecule has 0 unspecified atom stereocenters. The highest BCUT2D eigenvalue weighted by molar-refractivity contribution is 8.18. The Morgan fingerprint density at radius 2 is 1.59 bits per heavy atom. The molecule has 0 atom stereocenters. The lowest BCUT2D eigenvalue weighted by Gasteiger charge is -2.13. The van der Waals surface area contributed by atoms with Crippen molar-refractivity contribution in [2.45, 2.75) is 20.4 Å². The molecule has 1 saturated heterocycles. The van der Waals surface area contributed by atoms with Crippen molar-refractivity contribution >= 4 is 75.4 Å². The average molecular weight is 526 g/mol. The van der Waals surface area contributed by atoms with Crippen LogP contribution >= 0.6 is 58.2 Å². The fourth-order valence-electron chi connectivity index (χ4n) is 3.60. The van der Waals surface area contributed by atoms with Crippen molar-refractivity contribution in [3.63, 3.8) is 0 Å². The van der Waals surface area contributed by atoms with Gasteiger partial charge in [-0.15, -0.1) is 0 Å². The molecular weight excluding hydrogens is 510 g/mol. The number of hydrogen-bond donors (Lipinski definition) is 0. The van der Waals surface area contributed by atoms with E-state index in [4.69, 9.17) is 46.4 Å². The van der Waals surface area contributed by atoms with Crippen molar-refractivity contribution in [2.24, 2.45) is 0 Å². The molecule has 0 aliphatic carbocycles. The highest BCUT2D eigenvalue weighted by atomic mass is 35.5. The van der Waals surface area contributed by atoms with Gasteiger partial charge in [-0.2, -0.15) is 0 Å². The van der Waals surface area contributed by atoms with Gasteiger partial charge in [0, 0.05) is 27.1 Å². The van der Waals surface area contributed by atoms with Gasteiger partial charge in [0.25, 0.3) is 11.1 Å². The smallest absolute Gasteiger partial charge is 0.293 e. The van der Waals surface area contributed by atoms with Crippen LogP contribution in [0.2, 0.25) is 20.1 Å². The van der Waals surface area contributed by atoms with Crippen LogP contribution in [0.4, 0.5) is 4.79 Å². The van der Waals surface area contributed by atoms with Crippen molar-refractivity contribution in [1.29, 1.82) is 0 Å². The SMILES string of the molecule is Cc1cc(/C=C2\SC(=O)N(Cc3ccc(Cl)c(Cl)c3)C2=O)c(C)n1-c1cc(Cl)cc(Cl)c1. The van der Waals surface area contributed by atoms with Gasteiger partial charge in [0.2, 0.25) is 0 Å². The number of benzene rings is 2. The number of halogens is 4. The Kier molecular flexibility index (Phi) is 6.66. The van der Waals surface area contributed by atoms with Crippen LogP contribution in [0.25, 0.3) is 11.8 Å². The third kappa shape index (κ3) is 4.59. The van der Waals surface area contributed by atoms with Crippen LogP contribution in [0.15, 0.2) is 47.4 Å². The third-order valence-electron chi connectivity index (χ3n) is 5.06. The van der Waals surface area contributed by atoms with Crippen molar-refractivity contribution in [2.75, 3.05) is 0 Å². The molecule has 1 aliphatic heterocycles. The van der Waals surface area contributed by atoms with E-state index in [0.29, 0.717) is 25.0 Å². The van der Waals surface area contributed by atoms with E-state index in [1.54, 1.807) is 30.3 Å². The second-order valence-electron chi connectivity index (χ2n) is 7.31. The van der Waals surface area contributed by atoms with Crippen LogP contribution in [0.3, 0.4) is 0 Å². The Morgan fingerprint density at radius 1 is 0.906 bits per heavy atom. The lowest BCUT2D eigenvalue weighted by molar-refractivity contribution is -0.123. The molecule has 1 aromatic heterocycles. The van der Waals surface area contributed by atoms with Crippen LogP contribution < -0.4 is 0 Å². The minimum Gasteiger partial charge on any atom is -0.318 e. The monoisotopic (exact) mass is 524 g/mol. The van der Waals surface area contributed by atoms with Crippen LogP contribution in [0.1, 0.15) is 22.5 Å². The molecule has 0 spiro atoms. The summed E-state index contributed by atoms with van der Waals surface area (Å²) in [5.74, 6) is -0.346. The van der Waals surface area contributed by atoms with E-state index in [-0.39, 0.29) is 17.7 Å². The maximum Gasteiger partial charge on any atom is 0.293 e. The Morgan fingerprint density at radius 3 is 2.25 bits per heavy atom. The molecule has 0 radical (unpaired) electrons. The number of aryl methyl sites for hydroxylation is 1. The van der Waals surface area contributed by atoms with E-state index >= 15 is 0 Å². The molecule has 0 bridgehead atoms. The number of thioether (sulfide) groups is 1. The number of carbonyl (C=O) groups excluding carboxylic acids is 2. The second kappa shape index (κ2) is 9.16. The van der Waals surface area contributed by atoms with E-state index in [0.717, 1.165) is 40.0 Å². The first kappa shape index (κ1) is 23.3. The first-order valence-electron chi connectivity index (χ1n) is 9.49. The summed E-state index contributed by atoms with van der Waals surface area (Å²) < 4.78 is 2.00. The first-order chi connectivity index (χ1) is 15.1. The number of nitrogens with zero attached hydrogens (tertiary/aromatic N) is 2. The fraction of sp³-hybridized carbons (Fsp3) is 0.130. The summed E-state index contributed by atoms with van der Waals surface area (Å²) in [5.41, 5.74) is 4.22. The van der Waals surface area contributed by atoms with Gasteiger partial charge in [-0.05, 0) is 79.2 Å². The molecule has 164 valence electrons. The molecule has 2 amide bonds. The molecule has 0 N–H and O–H groups in total. The number of hydrogen-bond acceptors (Lipinski definition) is 3. The van der Waals surface area contributed by atoms with Crippen molar-refractivity contribution < 1.29 is 9.59 Å². The lowest BCUT2D eigenvalue weighted by Crippen LogP contribution is -2.27. The van der Waals surface area contributed by atoms with E-state index in [2.05, 4.69) is 0 Å². The van der Waals surface area contributed by atoms with Gasteiger partial charge >= 0.3 is 0 Å². The maximum atomic E-state index is 13.0. The van der Waals surface area contributed by atoms with Crippen LogP contribution in [0.5, 0.6) is 0 Å². The second-order valence-corrected chi connectivity index (χ2v) is 9.99. The number of aromatic nitrogens is 1. The molecule has 4 rings (SSSR count). The number of amides is 2. The summed E-state index contributed by atoms with van der Waals surface area (Å²) >= 11 is 25.3. The number of imide groups is 1. The van der Waals surface area contributed by atoms with E-state index in [1.165, 1.54) is 4.90 Å². The summed E-state index contributed by atoms with van der Waals surface area (Å²) in [7, 11) is 0. The van der Waals surface area contributed by atoms with Gasteiger partial charge < -0.3 is 4.57 Å². The largest absolute Gasteiger partial charge is 0.318 e.